The number of nitrogens with one attached hydrogen (secondary N) is 1. The van der Waals surface area contributed by atoms with Crippen molar-refractivity contribution in [2.75, 3.05) is 7.11 Å². The van der Waals surface area contributed by atoms with E-state index < -0.39 is 11.2 Å². The number of rotatable bonds is 3. The average Bonchev–Trinajstić information content (AvgIpc) is 2.83. The van der Waals surface area contributed by atoms with Crippen LogP contribution in [0.4, 0.5) is 0 Å². The third kappa shape index (κ3) is 3.00. The van der Waals surface area contributed by atoms with Crippen LogP contribution in [-0.4, -0.2) is 26.6 Å². The molecular formula is C24H15N5O3. The maximum Gasteiger partial charge on any atom is 0.333 e. The Kier molecular flexibility index (Phi) is 4.49. The van der Waals surface area contributed by atoms with Crippen LogP contribution in [-0.2, 0) is 0 Å². The largest absolute Gasteiger partial charge is 0.481 e. The van der Waals surface area contributed by atoms with E-state index in [1.807, 2.05) is 24.3 Å². The summed E-state index contributed by atoms with van der Waals surface area (Å²) in [6.45, 7) is 0. The van der Waals surface area contributed by atoms with Gasteiger partial charge in [0.2, 0.25) is 5.88 Å². The number of nitrogens with zero attached hydrogens (tertiary/aromatic N) is 4. The van der Waals surface area contributed by atoms with E-state index in [0.717, 1.165) is 15.3 Å². The third-order valence-electron chi connectivity index (χ3n) is 5.31. The van der Waals surface area contributed by atoms with Crippen LogP contribution < -0.4 is 16.0 Å². The second-order valence-corrected chi connectivity index (χ2v) is 7.09. The zero-order valence-electron chi connectivity index (χ0n) is 16.9. The average molecular weight is 421 g/mol. The lowest BCUT2D eigenvalue weighted by molar-refractivity contribution is 0.398. The molecule has 0 amide bonds. The van der Waals surface area contributed by atoms with Gasteiger partial charge in [-0.1, -0.05) is 30.3 Å². The van der Waals surface area contributed by atoms with Gasteiger partial charge in [0.25, 0.3) is 5.56 Å². The number of benzene rings is 2. The number of H-pyrrole nitrogens is 1. The van der Waals surface area contributed by atoms with E-state index >= 15 is 0 Å². The molecule has 2 aromatic carbocycles. The van der Waals surface area contributed by atoms with Crippen molar-refractivity contribution in [3.05, 3.63) is 93.5 Å². The third-order valence-corrected chi connectivity index (χ3v) is 5.31. The van der Waals surface area contributed by atoms with Crippen molar-refractivity contribution in [2.45, 2.75) is 0 Å². The number of aromatic nitrogens is 4. The highest BCUT2D eigenvalue weighted by atomic mass is 16.5. The molecule has 3 heterocycles. The van der Waals surface area contributed by atoms with Gasteiger partial charge < -0.3 is 9.72 Å². The molecule has 8 heteroatoms. The molecule has 0 radical (unpaired) electrons. The first-order valence-electron chi connectivity index (χ1n) is 9.67. The summed E-state index contributed by atoms with van der Waals surface area (Å²) in [4.78, 5) is 37.3. The summed E-state index contributed by atoms with van der Waals surface area (Å²) >= 11 is 0. The maximum absolute atomic E-state index is 13.3. The van der Waals surface area contributed by atoms with E-state index in [9.17, 15) is 14.9 Å². The zero-order chi connectivity index (χ0) is 22.2. The van der Waals surface area contributed by atoms with Crippen LogP contribution in [0.15, 0.2) is 76.7 Å². The first-order valence-corrected chi connectivity index (χ1v) is 9.67. The SMILES string of the molecule is COc1cc(-c2ccc3c(=O)n(-c4cncc5ccccc45)c(=O)[nH]c3c2)c(C#N)cn1. The second-order valence-electron chi connectivity index (χ2n) is 7.09. The molecule has 3 aromatic heterocycles. The van der Waals surface area contributed by atoms with E-state index in [-0.39, 0.29) is 0 Å². The quantitative estimate of drug-likeness (QED) is 0.479. The molecule has 154 valence electrons. The highest BCUT2D eigenvalue weighted by Gasteiger charge is 2.15. The molecule has 0 aliphatic carbocycles. The minimum atomic E-state index is -0.578. The van der Waals surface area contributed by atoms with E-state index in [0.29, 0.717) is 39.2 Å². The number of pyridine rings is 2. The molecule has 32 heavy (non-hydrogen) atoms. The Morgan fingerprint density at radius 1 is 1.03 bits per heavy atom. The Morgan fingerprint density at radius 3 is 2.69 bits per heavy atom. The van der Waals surface area contributed by atoms with Crippen molar-refractivity contribution in [1.82, 2.24) is 19.5 Å². The fourth-order valence-corrected chi connectivity index (χ4v) is 3.76. The van der Waals surface area contributed by atoms with Crippen LogP contribution in [0.25, 0.3) is 38.5 Å². The summed E-state index contributed by atoms with van der Waals surface area (Å²) in [5.41, 5.74) is 1.32. The Labute approximate surface area is 181 Å². The number of methoxy groups -OCH3 is 1. The highest BCUT2D eigenvalue weighted by Crippen LogP contribution is 2.28. The Bertz CT molecular complexity index is 1670. The predicted molar refractivity (Wildman–Crippen MR) is 120 cm³/mol. The van der Waals surface area contributed by atoms with Crippen molar-refractivity contribution in [1.29, 1.82) is 5.26 Å². The molecule has 0 fully saturated rings. The molecule has 0 spiro atoms. The molecule has 0 bridgehead atoms. The first-order chi connectivity index (χ1) is 15.6. The zero-order valence-corrected chi connectivity index (χ0v) is 16.9. The van der Waals surface area contributed by atoms with Gasteiger partial charge in [0, 0.05) is 34.8 Å². The number of fused-ring (bicyclic) bond motifs is 2. The normalized spacial score (nSPS) is 10.9. The van der Waals surface area contributed by atoms with Gasteiger partial charge in [-0.3, -0.25) is 9.78 Å². The van der Waals surface area contributed by atoms with Gasteiger partial charge in [-0.25, -0.2) is 14.3 Å². The lowest BCUT2D eigenvalue weighted by atomic mass is 10.0. The van der Waals surface area contributed by atoms with Crippen molar-refractivity contribution < 1.29 is 4.74 Å². The summed E-state index contributed by atoms with van der Waals surface area (Å²) in [7, 11) is 1.49. The Hall–Kier alpha value is -4.77. The molecular weight excluding hydrogens is 406 g/mol. The fraction of sp³-hybridized carbons (Fsp3) is 0.0417. The van der Waals surface area contributed by atoms with Crippen LogP contribution in [0, 0.1) is 11.3 Å². The molecule has 0 saturated carbocycles. The molecule has 5 aromatic rings. The minimum absolute atomic E-state index is 0.334. The number of nitriles is 1. The van der Waals surface area contributed by atoms with Crippen LogP contribution in [0.3, 0.4) is 0 Å². The van der Waals surface area contributed by atoms with Crippen LogP contribution >= 0.6 is 0 Å². The number of hydrogen-bond donors (Lipinski definition) is 1. The summed E-state index contributed by atoms with van der Waals surface area (Å²) in [5.74, 6) is 0.353. The van der Waals surface area contributed by atoms with Crippen molar-refractivity contribution >= 4 is 21.7 Å². The molecule has 5 rings (SSSR count). The molecule has 0 unspecified atom stereocenters. The minimum Gasteiger partial charge on any atom is -0.481 e. The molecule has 0 atom stereocenters. The van der Waals surface area contributed by atoms with Gasteiger partial charge in [-0.2, -0.15) is 5.26 Å². The number of ether oxygens (including phenoxy) is 1. The predicted octanol–water partition coefficient (Wildman–Crippen LogP) is 3.17. The van der Waals surface area contributed by atoms with E-state index in [1.54, 1.807) is 30.5 Å². The van der Waals surface area contributed by atoms with Gasteiger partial charge in [0.1, 0.15) is 6.07 Å². The lowest BCUT2D eigenvalue weighted by Crippen LogP contribution is -2.33. The van der Waals surface area contributed by atoms with Crippen LogP contribution in [0.2, 0.25) is 0 Å². The smallest absolute Gasteiger partial charge is 0.333 e. The van der Waals surface area contributed by atoms with Gasteiger partial charge in [0.15, 0.2) is 0 Å². The van der Waals surface area contributed by atoms with Crippen molar-refractivity contribution in [3.63, 3.8) is 0 Å². The molecule has 1 N–H and O–H groups in total. The van der Waals surface area contributed by atoms with Crippen molar-refractivity contribution in [3.8, 4) is 28.8 Å². The number of hydrogen-bond acceptors (Lipinski definition) is 6. The summed E-state index contributed by atoms with van der Waals surface area (Å²) in [5, 5.41) is 11.3. The van der Waals surface area contributed by atoms with Crippen LogP contribution in [0.1, 0.15) is 5.56 Å². The summed E-state index contributed by atoms with van der Waals surface area (Å²) < 4.78 is 6.25. The van der Waals surface area contributed by atoms with Crippen molar-refractivity contribution in [2.24, 2.45) is 0 Å². The molecule has 0 aliphatic heterocycles. The van der Waals surface area contributed by atoms with Crippen LogP contribution in [0.5, 0.6) is 5.88 Å². The maximum atomic E-state index is 13.3. The Balaban J connectivity index is 1.75. The van der Waals surface area contributed by atoms with Gasteiger partial charge in [-0.05, 0) is 17.7 Å². The molecule has 0 saturated heterocycles. The van der Waals surface area contributed by atoms with Gasteiger partial charge in [0.05, 0.1) is 35.5 Å². The van der Waals surface area contributed by atoms with Gasteiger partial charge >= 0.3 is 5.69 Å². The molecule has 8 nitrogen and oxygen atoms in total. The first kappa shape index (κ1) is 19.2. The topological polar surface area (TPSA) is 114 Å². The monoisotopic (exact) mass is 421 g/mol. The standard InChI is InChI=1S/C24H15N5O3/c1-32-22-9-19(16(10-25)12-27-22)14-6-7-18-20(8-14)28-24(31)29(23(18)30)21-13-26-11-15-4-2-3-5-17(15)21/h2-9,11-13H,1H3,(H,28,31). The van der Waals surface area contributed by atoms with Gasteiger partial charge in [-0.15, -0.1) is 0 Å². The van der Waals surface area contributed by atoms with E-state index in [2.05, 4.69) is 21.0 Å². The highest BCUT2D eigenvalue weighted by molar-refractivity contribution is 5.90. The second kappa shape index (κ2) is 7.49. The number of aromatic amines is 1. The fourth-order valence-electron chi connectivity index (χ4n) is 3.76. The van der Waals surface area contributed by atoms with E-state index in [4.69, 9.17) is 4.74 Å². The Morgan fingerprint density at radius 2 is 1.88 bits per heavy atom. The summed E-state index contributed by atoms with van der Waals surface area (Å²) in [6, 6.07) is 16.2. The van der Waals surface area contributed by atoms with E-state index in [1.165, 1.54) is 19.5 Å². The summed E-state index contributed by atoms with van der Waals surface area (Å²) in [6.07, 6.45) is 4.61. The lowest BCUT2D eigenvalue weighted by Gasteiger charge is -2.11. The molecule has 0 aliphatic rings.